The first kappa shape index (κ1) is 12.1. The Balaban J connectivity index is 1.84. The van der Waals surface area contributed by atoms with Crippen LogP contribution in [0.15, 0.2) is 6.07 Å². The lowest BCUT2D eigenvalue weighted by molar-refractivity contribution is 0.433. The maximum Gasteiger partial charge on any atom is 0.145 e. The van der Waals surface area contributed by atoms with Crippen LogP contribution in [0.5, 0.6) is 0 Å². The Morgan fingerprint density at radius 1 is 1.06 bits per heavy atom. The molecule has 3 rings (SSSR count). The molecule has 3 heteroatoms. The standard InChI is InChI=1S/C15H23N3/c1-11-10-14(12-6-3-2-4-7-12)18-15(17-11)13-8-5-9-16-13/h10,12-13,16H,2-9H2,1H3. The molecule has 2 fully saturated rings. The summed E-state index contributed by atoms with van der Waals surface area (Å²) in [5.74, 6) is 1.72. The van der Waals surface area contributed by atoms with Gasteiger partial charge in [0.2, 0.25) is 0 Å². The molecule has 1 aromatic heterocycles. The van der Waals surface area contributed by atoms with Gasteiger partial charge in [-0.3, -0.25) is 0 Å². The summed E-state index contributed by atoms with van der Waals surface area (Å²) in [7, 11) is 0. The minimum atomic E-state index is 0.396. The summed E-state index contributed by atoms with van der Waals surface area (Å²) >= 11 is 0. The van der Waals surface area contributed by atoms with Crippen molar-refractivity contribution in [1.82, 2.24) is 15.3 Å². The molecular formula is C15H23N3. The Kier molecular flexibility index (Phi) is 3.59. The van der Waals surface area contributed by atoms with Gasteiger partial charge in [0.05, 0.1) is 6.04 Å². The predicted molar refractivity (Wildman–Crippen MR) is 72.6 cm³/mol. The molecule has 3 nitrogen and oxygen atoms in total. The van der Waals surface area contributed by atoms with Crippen molar-refractivity contribution >= 4 is 0 Å². The summed E-state index contributed by atoms with van der Waals surface area (Å²) in [6.07, 6.45) is 9.20. The first-order valence-electron chi connectivity index (χ1n) is 7.42. The van der Waals surface area contributed by atoms with Crippen molar-refractivity contribution in [3.05, 3.63) is 23.3 Å². The van der Waals surface area contributed by atoms with Gasteiger partial charge in [0, 0.05) is 17.3 Å². The lowest BCUT2D eigenvalue weighted by Gasteiger charge is -2.22. The Morgan fingerprint density at radius 2 is 1.89 bits per heavy atom. The van der Waals surface area contributed by atoms with E-state index in [2.05, 4.69) is 23.3 Å². The molecule has 1 unspecified atom stereocenters. The Bertz CT molecular complexity index is 404. The van der Waals surface area contributed by atoms with E-state index >= 15 is 0 Å². The van der Waals surface area contributed by atoms with E-state index in [1.807, 2.05) is 0 Å². The molecule has 0 spiro atoms. The fraction of sp³-hybridized carbons (Fsp3) is 0.733. The second-order valence-corrected chi connectivity index (χ2v) is 5.78. The van der Waals surface area contributed by atoms with Crippen molar-refractivity contribution in [2.45, 2.75) is 63.8 Å². The number of aryl methyl sites for hydroxylation is 1. The fourth-order valence-electron chi connectivity index (χ4n) is 3.28. The van der Waals surface area contributed by atoms with Crippen molar-refractivity contribution in [3.8, 4) is 0 Å². The van der Waals surface area contributed by atoms with Gasteiger partial charge < -0.3 is 5.32 Å². The molecule has 2 heterocycles. The zero-order valence-corrected chi connectivity index (χ0v) is 11.3. The minimum Gasteiger partial charge on any atom is -0.307 e. The number of hydrogen-bond acceptors (Lipinski definition) is 3. The van der Waals surface area contributed by atoms with E-state index in [0.717, 1.165) is 18.1 Å². The molecule has 98 valence electrons. The monoisotopic (exact) mass is 245 g/mol. The molecule has 1 aliphatic heterocycles. The number of hydrogen-bond donors (Lipinski definition) is 1. The van der Waals surface area contributed by atoms with Crippen LogP contribution >= 0.6 is 0 Å². The van der Waals surface area contributed by atoms with Crippen molar-refractivity contribution in [2.75, 3.05) is 6.54 Å². The molecule has 18 heavy (non-hydrogen) atoms. The van der Waals surface area contributed by atoms with E-state index in [9.17, 15) is 0 Å². The maximum atomic E-state index is 4.87. The third kappa shape index (κ3) is 2.56. The lowest BCUT2D eigenvalue weighted by atomic mass is 9.86. The van der Waals surface area contributed by atoms with E-state index in [1.165, 1.54) is 50.6 Å². The van der Waals surface area contributed by atoms with Crippen LogP contribution in [-0.2, 0) is 0 Å². The SMILES string of the molecule is Cc1cc(C2CCCCC2)nc(C2CCCN2)n1. The van der Waals surface area contributed by atoms with Gasteiger partial charge in [-0.2, -0.15) is 0 Å². The van der Waals surface area contributed by atoms with E-state index < -0.39 is 0 Å². The van der Waals surface area contributed by atoms with Gasteiger partial charge in [-0.05, 0) is 45.2 Å². The van der Waals surface area contributed by atoms with Gasteiger partial charge >= 0.3 is 0 Å². The molecule has 1 saturated carbocycles. The summed E-state index contributed by atoms with van der Waals surface area (Å²) in [4.78, 5) is 9.50. The third-order valence-electron chi connectivity index (χ3n) is 4.29. The Labute approximate surface area is 109 Å². The second-order valence-electron chi connectivity index (χ2n) is 5.78. The summed E-state index contributed by atoms with van der Waals surface area (Å²) in [5, 5.41) is 3.51. The topological polar surface area (TPSA) is 37.8 Å². The van der Waals surface area contributed by atoms with Crippen LogP contribution in [0.2, 0.25) is 0 Å². The van der Waals surface area contributed by atoms with Gasteiger partial charge in [-0.1, -0.05) is 19.3 Å². The van der Waals surface area contributed by atoms with Crippen LogP contribution in [0.1, 0.15) is 74.1 Å². The van der Waals surface area contributed by atoms with Crippen LogP contribution < -0.4 is 5.32 Å². The van der Waals surface area contributed by atoms with Crippen LogP contribution in [0.4, 0.5) is 0 Å². The first-order valence-corrected chi connectivity index (χ1v) is 7.42. The van der Waals surface area contributed by atoms with Crippen LogP contribution in [0.3, 0.4) is 0 Å². The highest BCUT2D eigenvalue weighted by Gasteiger charge is 2.22. The molecule has 1 saturated heterocycles. The zero-order valence-electron chi connectivity index (χ0n) is 11.3. The molecule has 0 radical (unpaired) electrons. The van der Waals surface area contributed by atoms with Gasteiger partial charge in [0.25, 0.3) is 0 Å². The van der Waals surface area contributed by atoms with Gasteiger partial charge in [0.15, 0.2) is 0 Å². The predicted octanol–water partition coefficient (Wildman–Crippen LogP) is 3.26. The first-order chi connectivity index (χ1) is 8.83. The second kappa shape index (κ2) is 5.35. The molecular weight excluding hydrogens is 222 g/mol. The molecule has 0 amide bonds. The lowest BCUT2D eigenvalue weighted by Crippen LogP contribution is -2.18. The van der Waals surface area contributed by atoms with E-state index in [4.69, 9.17) is 4.98 Å². The van der Waals surface area contributed by atoms with Gasteiger partial charge in [0.1, 0.15) is 5.82 Å². The zero-order chi connectivity index (χ0) is 12.4. The summed E-state index contributed by atoms with van der Waals surface area (Å²) < 4.78 is 0. The van der Waals surface area contributed by atoms with Gasteiger partial charge in [-0.15, -0.1) is 0 Å². The van der Waals surface area contributed by atoms with Gasteiger partial charge in [-0.25, -0.2) is 9.97 Å². The summed E-state index contributed by atoms with van der Waals surface area (Å²) in [6.45, 7) is 3.22. The molecule has 0 aromatic carbocycles. The van der Waals surface area contributed by atoms with Crippen molar-refractivity contribution in [3.63, 3.8) is 0 Å². The van der Waals surface area contributed by atoms with E-state index in [1.54, 1.807) is 0 Å². The summed E-state index contributed by atoms with van der Waals surface area (Å²) in [5.41, 5.74) is 2.43. The van der Waals surface area contributed by atoms with Crippen LogP contribution in [0.25, 0.3) is 0 Å². The average Bonchev–Trinajstić information content (AvgIpc) is 2.93. The number of rotatable bonds is 2. The number of nitrogens with zero attached hydrogens (tertiary/aromatic N) is 2. The third-order valence-corrected chi connectivity index (χ3v) is 4.29. The van der Waals surface area contributed by atoms with Crippen molar-refractivity contribution < 1.29 is 0 Å². The normalized spacial score (nSPS) is 25.5. The quantitative estimate of drug-likeness (QED) is 0.869. The smallest absolute Gasteiger partial charge is 0.145 e. The van der Waals surface area contributed by atoms with Crippen LogP contribution in [0, 0.1) is 6.92 Å². The number of aromatic nitrogens is 2. The fourth-order valence-corrected chi connectivity index (χ4v) is 3.28. The largest absolute Gasteiger partial charge is 0.307 e. The molecule has 1 atom stereocenters. The highest BCUT2D eigenvalue weighted by atomic mass is 15.0. The summed E-state index contributed by atoms with van der Waals surface area (Å²) in [6, 6.07) is 2.60. The molecule has 0 bridgehead atoms. The Morgan fingerprint density at radius 3 is 2.61 bits per heavy atom. The van der Waals surface area contributed by atoms with E-state index in [-0.39, 0.29) is 0 Å². The minimum absolute atomic E-state index is 0.396. The van der Waals surface area contributed by atoms with Crippen molar-refractivity contribution in [1.29, 1.82) is 0 Å². The van der Waals surface area contributed by atoms with Crippen molar-refractivity contribution in [2.24, 2.45) is 0 Å². The highest BCUT2D eigenvalue weighted by molar-refractivity contribution is 5.16. The highest BCUT2D eigenvalue weighted by Crippen LogP contribution is 2.32. The average molecular weight is 245 g/mol. The van der Waals surface area contributed by atoms with E-state index in [0.29, 0.717) is 12.0 Å². The molecule has 1 aromatic rings. The Hall–Kier alpha value is -0.960. The molecule has 1 aliphatic carbocycles. The number of nitrogens with one attached hydrogen (secondary N) is 1. The van der Waals surface area contributed by atoms with Crippen LogP contribution in [-0.4, -0.2) is 16.5 Å². The maximum absolute atomic E-state index is 4.87. The molecule has 2 aliphatic rings. The molecule has 1 N–H and O–H groups in total.